The lowest BCUT2D eigenvalue weighted by atomic mass is 9.96. The Balaban J connectivity index is 1.71. The summed E-state index contributed by atoms with van der Waals surface area (Å²) in [5, 5.41) is 2.22. The molecule has 0 unspecified atom stereocenters. The number of nitrogens with one attached hydrogen (secondary N) is 1. The zero-order valence-electron chi connectivity index (χ0n) is 16.7. The van der Waals surface area contributed by atoms with Crippen LogP contribution in [-0.4, -0.2) is 29.0 Å². The summed E-state index contributed by atoms with van der Waals surface area (Å²) in [5.41, 5.74) is -1.88. The van der Waals surface area contributed by atoms with Crippen LogP contribution in [0.25, 0.3) is 0 Å². The van der Waals surface area contributed by atoms with E-state index < -0.39 is 41.0 Å². The molecule has 11 heteroatoms. The molecule has 168 valence electrons. The molecule has 0 saturated carbocycles. The first-order valence-corrected chi connectivity index (χ1v) is 9.50. The molecule has 3 rings (SSSR count). The summed E-state index contributed by atoms with van der Waals surface area (Å²) in [6, 6.07) is 2.86. The van der Waals surface area contributed by atoms with Crippen LogP contribution in [0.15, 0.2) is 24.3 Å². The molecule has 1 aliphatic rings. The Morgan fingerprint density at radius 3 is 1.84 bits per heavy atom. The molecule has 31 heavy (non-hydrogen) atoms. The van der Waals surface area contributed by atoms with E-state index in [-0.39, 0.29) is 6.07 Å². The van der Waals surface area contributed by atoms with Crippen LogP contribution in [0, 0.1) is 19.8 Å². The van der Waals surface area contributed by atoms with E-state index in [0.717, 1.165) is 11.4 Å². The van der Waals surface area contributed by atoms with Gasteiger partial charge < -0.3 is 10.2 Å². The molecule has 1 aromatic heterocycles. The number of hydrogen-bond acceptors (Lipinski definition) is 4. The summed E-state index contributed by atoms with van der Waals surface area (Å²) in [6.07, 6.45) is -9.21. The van der Waals surface area contributed by atoms with Crippen LogP contribution in [0.1, 0.15) is 35.4 Å². The first-order chi connectivity index (χ1) is 14.3. The minimum Gasteiger partial charge on any atom is -0.341 e. The summed E-state index contributed by atoms with van der Waals surface area (Å²) in [5.74, 6) is -0.636. The van der Waals surface area contributed by atoms with Crippen molar-refractivity contribution >= 4 is 17.5 Å². The van der Waals surface area contributed by atoms with E-state index in [1.165, 1.54) is 0 Å². The van der Waals surface area contributed by atoms with Crippen molar-refractivity contribution in [2.24, 2.45) is 5.92 Å². The predicted molar refractivity (Wildman–Crippen MR) is 102 cm³/mol. The number of aryl methyl sites for hydroxylation is 2. The number of hydrogen-bond donors (Lipinski definition) is 1. The molecule has 2 aromatic rings. The van der Waals surface area contributed by atoms with Gasteiger partial charge in [0, 0.05) is 36.1 Å². The number of carbonyl (C=O) groups is 1. The number of anilines is 2. The van der Waals surface area contributed by atoms with Crippen molar-refractivity contribution in [1.29, 1.82) is 0 Å². The largest absolute Gasteiger partial charge is 0.416 e. The number of piperidine rings is 1. The fraction of sp³-hybridized carbons (Fsp3) is 0.450. The monoisotopic (exact) mass is 446 g/mol. The quantitative estimate of drug-likeness (QED) is 0.676. The Hall–Kier alpha value is -2.85. The van der Waals surface area contributed by atoms with Crippen LogP contribution in [0.5, 0.6) is 0 Å². The topological polar surface area (TPSA) is 58.1 Å². The molecule has 1 amide bonds. The Labute approximate surface area is 174 Å². The molecule has 1 aliphatic heterocycles. The van der Waals surface area contributed by atoms with Gasteiger partial charge in [-0.05, 0) is 51.0 Å². The van der Waals surface area contributed by atoms with Crippen LogP contribution in [0.2, 0.25) is 0 Å². The SMILES string of the molecule is Cc1cc(C)nc(N2CCC(C(=O)Nc3cc(C(F)(F)F)cc(C(F)(F)F)c3)CC2)n1. The van der Waals surface area contributed by atoms with Gasteiger partial charge in [0.2, 0.25) is 11.9 Å². The van der Waals surface area contributed by atoms with E-state index in [0.29, 0.717) is 44.0 Å². The Bertz CT molecular complexity index is 913. The number of carbonyl (C=O) groups excluding carboxylic acids is 1. The fourth-order valence-electron chi connectivity index (χ4n) is 3.46. The van der Waals surface area contributed by atoms with Crippen molar-refractivity contribution < 1.29 is 31.1 Å². The van der Waals surface area contributed by atoms with Gasteiger partial charge in [-0.3, -0.25) is 4.79 Å². The summed E-state index contributed by atoms with van der Waals surface area (Å²) >= 11 is 0. The van der Waals surface area contributed by atoms with E-state index >= 15 is 0 Å². The maximum absolute atomic E-state index is 13.0. The minimum absolute atomic E-state index is 0.0258. The second kappa shape index (κ2) is 8.35. The molecule has 2 heterocycles. The third-order valence-corrected chi connectivity index (χ3v) is 4.97. The minimum atomic E-state index is -4.97. The molecule has 0 atom stereocenters. The highest BCUT2D eigenvalue weighted by Gasteiger charge is 2.37. The average molecular weight is 446 g/mol. The molecule has 1 N–H and O–H groups in total. The molecule has 5 nitrogen and oxygen atoms in total. The number of amides is 1. The summed E-state index contributed by atoms with van der Waals surface area (Å²) in [7, 11) is 0. The van der Waals surface area contributed by atoms with Crippen molar-refractivity contribution in [2.45, 2.75) is 39.0 Å². The number of nitrogens with zero attached hydrogens (tertiary/aromatic N) is 3. The lowest BCUT2D eigenvalue weighted by Gasteiger charge is -2.31. The highest BCUT2D eigenvalue weighted by molar-refractivity contribution is 5.93. The van der Waals surface area contributed by atoms with Crippen molar-refractivity contribution in [3.05, 3.63) is 46.8 Å². The second-order valence-electron chi connectivity index (χ2n) is 7.50. The standard InChI is InChI=1S/C20H20F6N4O/c1-11-7-12(2)28-18(27-11)30-5-3-13(4-6-30)17(31)29-16-9-14(19(21,22)23)8-15(10-16)20(24,25)26/h7-10,13H,3-6H2,1-2H3,(H,29,31). The predicted octanol–water partition coefficient (Wildman–Crippen LogP) is 4.99. The second-order valence-corrected chi connectivity index (χ2v) is 7.50. The molecular weight excluding hydrogens is 426 g/mol. The van der Waals surface area contributed by atoms with Gasteiger partial charge in [0.05, 0.1) is 11.1 Å². The molecule has 1 aromatic carbocycles. The summed E-state index contributed by atoms with van der Waals surface area (Å²) in [4.78, 5) is 23.1. The van der Waals surface area contributed by atoms with Crippen molar-refractivity contribution in [3.8, 4) is 0 Å². The maximum Gasteiger partial charge on any atom is 0.416 e. The maximum atomic E-state index is 13.0. The van der Waals surface area contributed by atoms with Crippen LogP contribution in [0.3, 0.4) is 0 Å². The first kappa shape index (κ1) is 22.8. The van der Waals surface area contributed by atoms with E-state index in [1.54, 1.807) is 0 Å². The van der Waals surface area contributed by atoms with E-state index in [4.69, 9.17) is 0 Å². The molecule has 1 fully saturated rings. The molecule has 1 saturated heterocycles. The van der Waals surface area contributed by atoms with Crippen LogP contribution in [-0.2, 0) is 17.1 Å². The van der Waals surface area contributed by atoms with Gasteiger partial charge in [-0.2, -0.15) is 26.3 Å². The van der Waals surface area contributed by atoms with Crippen LogP contribution >= 0.6 is 0 Å². The van der Waals surface area contributed by atoms with E-state index in [9.17, 15) is 31.1 Å². The number of aromatic nitrogens is 2. The third-order valence-electron chi connectivity index (χ3n) is 4.97. The number of alkyl halides is 6. The summed E-state index contributed by atoms with van der Waals surface area (Å²) in [6.45, 7) is 4.56. The highest BCUT2D eigenvalue weighted by Crippen LogP contribution is 2.37. The molecule has 0 radical (unpaired) electrons. The Morgan fingerprint density at radius 2 is 1.39 bits per heavy atom. The molecule has 0 spiro atoms. The van der Waals surface area contributed by atoms with Gasteiger partial charge in [-0.15, -0.1) is 0 Å². The van der Waals surface area contributed by atoms with Crippen molar-refractivity contribution in [2.75, 3.05) is 23.3 Å². The fourth-order valence-corrected chi connectivity index (χ4v) is 3.46. The van der Waals surface area contributed by atoms with E-state index in [2.05, 4.69) is 15.3 Å². The smallest absolute Gasteiger partial charge is 0.341 e. The van der Waals surface area contributed by atoms with Gasteiger partial charge in [0.25, 0.3) is 0 Å². The first-order valence-electron chi connectivity index (χ1n) is 9.50. The summed E-state index contributed by atoms with van der Waals surface area (Å²) < 4.78 is 78.0. The van der Waals surface area contributed by atoms with Gasteiger partial charge in [0.15, 0.2) is 0 Å². The van der Waals surface area contributed by atoms with Crippen molar-refractivity contribution in [3.63, 3.8) is 0 Å². The normalized spacial score (nSPS) is 15.8. The average Bonchev–Trinajstić information content (AvgIpc) is 2.65. The third kappa shape index (κ3) is 5.65. The van der Waals surface area contributed by atoms with Crippen LogP contribution < -0.4 is 10.2 Å². The number of rotatable bonds is 3. The Kier molecular flexibility index (Phi) is 6.15. The lowest BCUT2D eigenvalue weighted by molar-refractivity contribution is -0.143. The molecular formula is C20H20F6N4O. The number of halogens is 6. The van der Waals surface area contributed by atoms with Gasteiger partial charge in [-0.1, -0.05) is 0 Å². The van der Waals surface area contributed by atoms with Gasteiger partial charge in [0.1, 0.15) is 0 Å². The lowest BCUT2D eigenvalue weighted by Crippen LogP contribution is -2.39. The van der Waals surface area contributed by atoms with E-state index in [1.807, 2.05) is 24.8 Å². The van der Waals surface area contributed by atoms with Crippen LogP contribution in [0.4, 0.5) is 38.0 Å². The van der Waals surface area contributed by atoms with Crippen molar-refractivity contribution in [1.82, 2.24) is 9.97 Å². The number of benzene rings is 1. The zero-order valence-corrected chi connectivity index (χ0v) is 16.7. The zero-order chi connectivity index (χ0) is 23.0. The Morgan fingerprint density at radius 1 is 0.903 bits per heavy atom. The van der Waals surface area contributed by atoms with Gasteiger partial charge in [-0.25, -0.2) is 9.97 Å². The van der Waals surface area contributed by atoms with Gasteiger partial charge >= 0.3 is 12.4 Å². The molecule has 0 aliphatic carbocycles. The highest BCUT2D eigenvalue weighted by atomic mass is 19.4. The molecule has 0 bridgehead atoms.